The van der Waals surface area contributed by atoms with Crippen molar-refractivity contribution in [3.63, 3.8) is 0 Å². The number of anilines is 1. The molecule has 0 fully saturated rings. The number of benzene rings is 2. The fraction of sp³-hybridized carbons (Fsp3) is 0.385. The van der Waals surface area contributed by atoms with Crippen LogP contribution in [0.25, 0.3) is 6.08 Å². The van der Waals surface area contributed by atoms with Gasteiger partial charge in [0.2, 0.25) is 5.91 Å². The maximum atomic E-state index is 14.1. The van der Waals surface area contributed by atoms with Crippen molar-refractivity contribution in [1.29, 1.82) is 0 Å². The Labute approximate surface area is 195 Å². The molecule has 0 unspecified atom stereocenters. The fourth-order valence-corrected chi connectivity index (χ4v) is 3.69. The average molecular weight is 454 g/mol. The first kappa shape index (κ1) is 24.5. The highest BCUT2D eigenvalue weighted by Gasteiger charge is 2.31. The molecule has 2 aromatic carbocycles. The predicted octanol–water partition coefficient (Wildman–Crippen LogP) is 4.22. The van der Waals surface area contributed by atoms with Crippen LogP contribution in [0.15, 0.2) is 54.3 Å². The Morgan fingerprint density at radius 3 is 2.58 bits per heavy atom. The number of carbonyl (C=O) groups is 2. The molecule has 0 saturated heterocycles. The third-order valence-corrected chi connectivity index (χ3v) is 5.57. The van der Waals surface area contributed by atoms with Crippen molar-refractivity contribution in [3.05, 3.63) is 65.7 Å². The van der Waals surface area contributed by atoms with E-state index in [0.717, 1.165) is 32.5 Å². The van der Waals surface area contributed by atoms with Crippen LogP contribution in [0.2, 0.25) is 0 Å². The summed E-state index contributed by atoms with van der Waals surface area (Å²) in [5.74, 6) is -0.765. The lowest BCUT2D eigenvalue weighted by Gasteiger charge is -2.30. The van der Waals surface area contributed by atoms with Gasteiger partial charge in [0.05, 0.1) is 5.69 Å². The van der Waals surface area contributed by atoms with Gasteiger partial charge in [0, 0.05) is 12.1 Å². The minimum atomic E-state index is -0.483. The van der Waals surface area contributed by atoms with Crippen LogP contribution in [0.4, 0.5) is 10.1 Å². The Hall–Kier alpha value is -3.19. The van der Waals surface area contributed by atoms with Gasteiger partial charge in [-0.05, 0) is 56.8 Å². The molecule has 176 valence electrons. The van der Waals surface area contributed by atoms with E-state index in [-0.39, 0.29) is 23.8 Å². The van der Waals surface area contributed by atoms with E-state index in [0.29, 0.717) is 18.0 Å². The van der Waals surface area contributed by atoms with Crippen LogP contribution in [0.1, 0.15) is 38.7 Å². The first-order valence-corrected chi connectivity index (χ1v) is 11.6. The van der Waals surface area contributed by atoms with Gasteiger partial charge in [0.25, 0.3) is 5.91 Å². The number of rotatable bonds is 11. The highest BCUT2D eigenvalue weighted by Crippen LogP contribution is 2.35. The molecular formula is C26H32FN3O3. The lowest BCUT2D eigenvalue weighted by atomic mass is 10.1. The minimum Gasteiger partial charge on any atom is -0.449 e. The molecule has 0 atom stereocenters. The molecule has 1 aliphatic heterocycles. The van der Waals surface area contributed by atoms with E-state index in [1.807, 2.05) is 0 Å². The Bertz CT molecular complexity index is 992. The molecule has 7 heteroatoms. The summed E-state index contributed by atoms with van der Waals surface area (Å²) in [6.07, 6.45) is 4.54. The van der Waals surface area contributed by atoms with E-state index in [1.54, 1.807) is 42.5 Å². The van der Waals surface area contributed by atoms with Crippen LogP contribution in [-0.2, 0) is 9.59 Å². The molecule has 0 aliphatic carbocycles. The number of nitrogens with zero attached hydrogens (tertiary/aromatic N) is 2. The third-order valence-electron chi connectivity index (χ3n) is 5.57. The van der Waals surface area contributed by atoms with Crippen LogP contribution in [0, 0.1) is 5.82 Å². The second-order valence-corrected chi connectivity index (χ2v) is 7.98. The van der Waals surface area contributed by atoms with Gasteiger partial charge in [-0.25, -0.2) is 4.39 Å². The van der Waals surface area contributed by atoms with E-state index >= 15 is 0 Å². The number of carbonyl (C=O) groups excluding carboxylic acids is 2. The Kier molecular flexibility index (Phi) is 9.01. The SMILES string of the molecule is CCCCN(CC)CCCNC(=O)CN1C(=O)C(=Cc2ccccc2F)Oc2ccccc21. The van der Waals surface area contributed by atoms with Crippen LogP contribution in [0.5, 0.6) is 5.75 Å². The number of hydrogen-bond donors (Lipinski definition) is 1. The van der Waals surface area contributed by atoms with Crippen molar-refractivity contribution < 1.29 is 18.7 Å². The Balaban J connectivity index is 1.65. The summed E-state index contributed by atoms with van der Waals surface area (Å²) in [7, 11) is 0. The summed E-state index contributed by atoms with van der Waals surface area (Å²) in [6.45, 7) is 7.70. The standard InChI is InChI=1S/C26H32FN3O3/c1-3-5-16-29(4-2)17-10-15-28-25(31)19-30-22-13-8-9-14-23(22)33-24(26(30)32)18-20-11-6-7-12-21(20)27/h6-9,11-14,18H,3-5,10,15-17,19H2,1-2H3,(H,28,31). The predicted molar refractivity (Wildman–Crippen MR) is 128 cm³/mol. The van der Waals surface area contributed by atoms with E-state index in [9.17, 15) is 14.0 Å². The van der Waals surface area contributed by atoms with Gasteiger partial charge in [-0.3, -0.25) is 14.5 Å². The first-order chi connectivity index (χ1) is 16.0. The van der Waals surface area contributed by atoms with Crippen molar-refractivity contribution in [2.24, 2.45) is 0 Å². The Morgan fingerprint density at radius 1 is 1.09 bits per heavy atom. The molecule has 6 nitrogen and oxygen atoms in total. The molecule has 0 aromatic heterocycles. The highest BCUT2D eigenvalue weighted by molar-refractivity contribution is 6.12. The average Bonchev–Trinajstić information content (AvgIpc) is 2.82. The molecule has 1 N–H and O–H groups in total. The van der Waals surface area contributed by atoms with E-state index in [1.165, 1.54) is 23.5 Å². The van der Waals surface area contributed by atoms with Gasteiger partial charge in [-0.1, -0.05) is 50.6 Å². The number of unbranched alkanes of at least 4 members (excludes halogenated alkanes) is 1. The van der Waals surface area contributed by atoms with Crippen molar-refractivity contribution in [1.82, 2.24) is 10.2 Å². The number of para-hydroxylation sites is 2. The number of hydrogen-bond acceptors (Lipinski definition) is 4. The molecule has 0 radical (unpaired) electrons. The normalized spacial score (nSPS) is 14.4. The molecule has 0 bridgehead atoms. The lowest BCUT2D eigenvalue weighted by molar-refractivity contribution is -0.123. The van der Waals surface area contributed by atoms with Gasteiger partial charge >= 0.3 is 0 Å². The molecule has 1 aliphatic rings. The summed E-state index contributed by atoms with van der Waals surface area (Å²) >= 11 is 0. The molecule has 3 rings (SSSR count). The number of fused-ring (bicyclic) bond motifs is 1. The molecule has 0 spiro atoms. The van der Waals surface area contributed by atoms with E-state index in [2.05, 4.69) is 24.1 Å². The van der Waals surface area contributed by atoms with Gasteiger partial charge in [-0.15, -0.1) is 0 Å². The largest absolute Gasteiger partial charge is 0.449 e. The van der Waals surface area contributed by atoms with Crippen molar-refractivity contribution >= 4 is 23.6 Å². The van der Waals surface area contributed by atoms with Gasteiger partial charge in [0.15, 0.2) is 11.5 Å². The topological polar surface area (TPSA) is 61.9 Å². The number of ether oxygens (including phenoxy) is 1. The second-order valence-electron chi connectivity index (χ2n) is 7.98. The minimum absolute atomic E-state index is 0.0267. The zero-order valence-corrected chi connectivity index (χ0v) is 19.4. The van der Waals surface area contributed by atoms with Crippen LogP contribution in [0.3, 0.4) is 0 Å². The molecule has 2 aromatic rings. The summed E-state index contributed by atoms with van der Waals surface area (Å²) in [4.78, 5) is 29.5. The third kappa shape index (κ3) is 6.65. The lowest BCUT2D eigenvalue weighted by Crippen LogP contribution is -2.44. The number of halogens is 1. The molecule has 33 heavy (non-hydrogen) atoms. The number of amides is 2. The van der Waals surface area contributed by atoms with Crippen molar-refractivity contribution in [2.45, 2.75) is 33.1 Å². The fourth-order valence-electron chi connectivity index (χ4n) is 3.69. The van der Waals surface area contributed by atoms with Crippen LogP contribution in [-0.4, -0.2) is 49.4 Å². The maximum absolute atomic E-state index is 14.1. The zero-order valence-electron chi connectivity index (χ0n) is 19.4. The zero-order chi connectivity index (χ0) is 23.6. The molecule has 1 heterocycles. The van der Waals surface area contributed by atoms with Crippen LogP contribution < -0.4 is 15.0 Å². The molecular weight excluding hydrogens is 421 g/mol. The first-order valence-electron chi connectivity index (χ1n) is 11.6. The van der Waals surface area contributed by atoms with Gasteiger partial charge < -0.3 is 15.0 Å². The maximum Gasteiger partial charge on any atom is 0.294 e. The second kappa shape index (κ2) is 12.2. The van der Waals surface area contributed by atoms with Gasteiger partial charge in [-0.2, -0.15) is 0 Å². The smallest absolute Gasteiger partial charge is 0.294 e. The van der Waals surface area contributed by atoms with E-state index in [4.69, 9.17) is 4.74 Å². The van der Waals surface area contributed by atoms with Crippen LogP contribution >= 0.6 is 0 Å². The highest BCUT2D eigenvalue weighted by atomic mass is 19.1. The van der Waals surface area contributed by atoms with Gasteiger partial charge in [0.1, 0.15) is 12.4 Å². The summed E-state index contributed by atoms with van der Waals surface area (Å²) in [5, 5.41) is 2.91. The molecule has 2 amide bonds. The summed E-state index contributed by atoms with van der Waals surface area (Å²) in [6, 6.07) is 13.2. The Morgan fingerprint density at radius 2 is 1.82 bits per heavy atom. The summed E-state index contributed by atoms with van der Waals surface area (Å²) < 4.78 is 19.9. The van der Waals surface area contributed by atoms with Crippen molar-refractivity contribution in [2.75, 3.05) is 37.6 Å². The summed E-state index contributed by atoms with van der Waals surface area (Å²) in [5.41, 5.74) is 0.758. The number of nitrogens with one attached hydrogen (secondary N) is 1. The van der Waals surface area contributed by atoms with Crippen molar-refractivity contribution in [3.8, 4) is 5.75 Å². The molecule has 0 saturated carbocycles. The quantitative estimate of drug-likeness (QED) is 0.409. The monoisotopic (exact) mass is 453 g/mol. The van der Waals surface area contributed by atoms with E-state index < -0.39 is 11.7 Å².